The van der Waals surface area contributed by atoms with Crippen LogP contribution in [0.1, 0.15) is 5.56 Å². The molecule has 0 saturated heterocycles. The van der Waals surface area contributed by atoms with Crippen LogP contribution in [0.25, 0.3) is 0 Å². The Bertz CT molecular complexity index is 505. The van der Waals surface area contributed by atoms with Crippen LogP contribution in [0.3, 0.4) is 0 Å². The lowest BCUT2D eigenvalue weighted by Crippen LogP contribution is -2.26. The van der Waals surface area contributed by atoms with Gasteiger partial charge < -0.3 is 17.2 Å². The molecule has 0 amide bonds. The van der Waals surface area contributed by atoms with Gasteiger partial charge in [0.1, 0.15) is 0 Å². The molecule has 98 valence electrons. The molecule has 0 aromatic heterocycles. The Balaban J connectivity index is 3.31. The van der Waals surface area contributed by atoms with Gasteiger partial charge in [0.2, 0.25) is 5.96 Å². The maximum Gasteiger partial charge on any atom is 0.418 e. The minimum atomic E-state index is -4.54. The second kappa shape index (κ2) is 5.25. The van der Waals surface area contributed by atoms with Crippen LogP contribution in [0.4, 0.5) is 18.9 Å². The van der Waals surface area contributed by atoms with Crippen molar-refractivity contribution in [2.24, 2.45) is 27.2 Å². The van der Waals surface area contributed by atoms with E-state index in [1.807, 2.05) is 0 Å². The largest absolute Gasteiger partial charge is 0.418 e. The molecular weight excluding hydrogens is 315 g/mol. The van der Waals surface area contributed by atoms with E-state index in [2.05, 4.69) is 25.9 Å². The lowest BCUT2D eigenvalue weighted by Gasteiger charge is -2.10. The summed E-state index contributed by atoms with van der Waals surface area (Å²) in [5.41, 5.74) is 14.1. The van der Waals surface area contributed by atoms with Crippen molar-refractivity contribution in [2.45, 2.75) is 6.18 Å². The SMILES string of the molecule is NC(N)=NC(N)=Nc1cc(Br)ccc1C(F)(F)F. The Kier molecular flexibility index (Phi) is 4.17. The highest BCUT2D eigenvalue weighted by Gasteiger charge is 2.33. The number of rotatable bonds is 1. The van der Waals surface area contributed by atoms with Crippen LogP contribution >= 0.6 is 15.9 Å². The molecule has 0 aliphatic carbocycles. The third-order valence-corrected chi connectivity index (χ3v) is 2.24. The molecule has 5 nitrogen and oxygen atoms in total. The number of alkyl halides is 3. The molecule has 0 heterocycles. The Morgan fingerprint density at radius 3 is 2.28 bits per heavy atom. The van der Waals surface area contributed by atoms with Gasteiger partial charge in [0.15, 0.2) is 5.96 Å². The van der Waals surface area contributed by atoms with E-state index in [1.165, 1.54) is 6.07 Å². The van der Waals surface area contributed by atoms with Crippen LogP contribution < -0.4 is 17.2 Å². The Morgan fingerprint density at radius 2 is 1.78 bits per heavy atom. The van der Waals surface area contributed by atoms with Crippen molar-refractivity contribution >= 4 is 33.5 Å². The standard InChI is InChI=1S/C9H9BrF3N5/c10-4-1-2-5(9(11,12)13)6(3-4)17-8(16)18-7(14)15/h1-3H,(H6,14,15,16,17,18). The van der Waals surface area contributed by atoms with Gasteiger partial charge in [-0.3, -0.25) is 0 Å². The number of aliphatic imine (C=N–C) groups is 2. The Labute approximate surface area is 109 Å². The fraction of sp³-hybridized carbons (Fsp3) is 0.111. The molecule has 9 heteroatoms. The second-order valence-electron chi connectivity index (χ2n) is 3.17. The number of guanidine groups is 2. The Morgan fingerprint density at radius 1 is 1.17 bits per heavy atom. The zero-order valence-corrected chi connectivity index (χ0v) is 10.5. The summed E-state index contributed by atoms with van der Waals surface area (Å²) in [4.78, 5) is 6.87. The van der Waals surface area contributed by atoms with Crippen LogP contribution in [0, 0.1) is 0 Å². The van der Waals surface area contributed by atoms with E-state index in [0.29, 0.717) is 4.47 Å². The second-order valence-corrected chi connectivity index (χ2v) is 4.08. The minimum Gasteiger partial charge on any atom is -0.370 e. The molecule has 0 bridgehead atoms. The van der Waals surface area contributed by atoms with Crippen molar-refractivity contribution in [3.8, 4) is 0 Å². The van der Waals surface area contributed by atoms with Gasteiger partial charge in [-0.1, -0.05) is 15.9 Å². The first-order valence-electron chi connectivity index (χ1n) is 4.50. The van der Waals surface area contributed by atoms with Crippen LogP contribution in [0.5, 0.6) is 0 Å². The lowest BCUT2D eigenvalue weighted by molar-refractivity contribution is -0.137. The highest BCUT2D eigenvalue weighted by Crippen LogP contribution is 2.37. The van der Waals surface area contributed by atoms with Crippen LogP contribution in [-0.2, 0) is 6.18 Å². The monoisotopic (exact) mass is 323 g/mol. The summed E-state index contributed by atoms with van der Waals surface area (Å²) in [6.07, 6.45) is -4.54. The van der Waals surface area contributed by atoms with E-state index in [4.69, 9.17) is 17.2 Å². The summed E-state index contributed by atoms with van der Waals surface area (Å²) in [6, 6.07) is 3.29. The molecule has 18 heavy (non-hydrogen) atoms. The normalized spacial score (nSPS) is 12.3. The van der Waals surface area contributed by atoms with Gasteiger partial charge in [-0.2, -0.15) is 18.2 Å². The quantitative estimate of drug-likeness (QED) is 0.541. The lowest BCUT2D eigenvalue weighted by atomic mass is 10.2. The van der Waals surface area contributed by atoms with Crippen molar-refractivity contribution < 1.29 is 13.2 Å². The van der Waals surface area contributed by atoms with E-state index in [9.17, 15) is 13.2 Å². The predicted octanol–water partition coefficient (Wildman–Crippen LogP) is 1.69. The first-order valence-corrected chi connectivity index (χ1v) is 5.30. The number of hydrogen-bond acceptors (Lipinski definition) is 1. The molecule has 0 spiro atoms. The smallest absolute Gasteiger partial charge is 0.370 e. The van der Waals surface area contributed by atoms with Crippen molar-refractivity contribution in [1.82, 2.24) is 0 Å². The fourth-order valence-electron chi connectivity index (χ4n) is 1.12. The minimum absolute atomic E-state index is 0.376. The summed E-state index contributed by atoms with van der Waals surface area (Å²) in [5.74, 6) is -0.849. The highest BCUT2D eigenvalue weighted by atomic mass is 79.9. The van der Waals surface area contributed by atoms with Crippen molar-refractivity contribution in [3.05, 3.63) is 28.2 Å². The topological polar surface area (TPSA) is 103 Å². The highest BCUT2D eigenvalue weighted by molar-refractivity contribution is 9.10. The van der Waals surface area contributed by atoms with Gasteiger partial charge in [0.05, 0.1) is 11.3 Å². The fourth-order valence-corrected chi connectivity index (χ4v) is 1.47. The summed E-state index contributed by atoms with van der Waals surface area (Å²) >= 11 is 3.04. The molecule has 0 fully saturated rings. The van der Waals surface area contributed by atoms with Crippen LogP contribution in [-0.4, -0.2) is 11.9 Å². The molecule has 0 aliphatic heterocycles. The zero-order valence-electron chi connectivity index (χ0n) is 8.87. The predicted molar refractivity (Wildman–Crippen MR) is 66.2 cm³/mol. The van der Waals surface area contributed by atoms with Crippen molar-refractivity contribution in [3.63, 3.8) is 0 Å². The third kappa shape index (κ3) is 3.91. The first-order chi connectivity index (χ1) is 8.20. The molecule has 0 aliphatic rings. The van der Waals surface area contributed by atoms with Gasteiger partial charge in [-0.05, 0) is 18.2 Å². The number of halogens is 4. The van der Waals surface area contributed by atoms with Crippen LogP contribution in [0.15, 0.2) is 32.7 Å². The average molecular weight is 324 g/mol. The maximum absolute atomic E-state index is 12.7. The van der Waals surface area contributed by atoms with E-state index >= 15 is 0 Å². The number of benzene rings is 1. The van der Waals surface area contributed by atoms with Gasteiger partial charge in [0, 0.05) is 4.47 Å². The molecule has 1 aromatic carbocycles. The molecule has 0 saturated carbocycles. The number of nitrogens with zero attached hydrogens (tertiary/aromatic N) is 2. The summed E-state index contributed by atoms with van der Waals surface area (Å²) in [5, 5.41) is 0. The van der Waals surface area contributed by atoms with Crippen molar-refractivity contribution in [1.29, 1.82) is 0 Å². The number of hydrogen-bond donors (Lipinski definition) is 3. The Hall–Kier alpha value is -1.77. The van der Waals surface area contributed by atoms with E-state index in [-0.39, 0.29) is 11.6 Å². The van der Waals surface area contributed by atoms with E-state index in [1.54, 1.807) is 0 Å². The molecular formula is C9H9BrF3N5. The molecule has 1 rings (SSSR count). The van der Waals surface area contributed by atoms with E-state index in [0.717, 1.165) is 12.1 Å². The first kappa shape index (κ1) is 14.3. The molecule has 1 aromatic rings. The average Bonchev–Trinajstić information content (AvgIpc) is 2.13. The van der Waals surface area contributed by atoms with Crippen molar-refractivity contribution in [2.75, 3.05) is 0 Å². The van der Waals surface area contributed by atoms with Gasteiger partial charge in [-0.25, -0.2) is 4.99 Å². The van der Waals surface area contributed by atoms with Crippen LogP contribution in [0.2, 0.25) is 0 Å². The van der Waals surface area contributed by atoms with E-state index < -0.39 is 17.7 Å². The van der Waals surface area contributed by atoms with Gasteiger partial charge in [0.25, 0.3) is 0 Å². The summed E-state index contributed by atoms with van der Waals surface area (Å²) < 4.78 is 38.5. The molecule has 0 radical (unpaired) electrons. The molecule has 0 atom stereocenters. The third-order valence-electron chi connectivity index (χ3n) is 1.74. The van der Waals surface area contributed by atoms with Gasteiger partial charge >= 0.3 is 6.18 Å². The zero-order chi connectivity index (χ0) is 13.9. The van der Waals surface area contributed by atoms with Gasteiger partial charge in [-0.15, -0.1) is 0 Å². The summed E-state index contributed by atoms with van der Waals surface area (Å²) in [7, 11) is 0. The summed E-state index contributed by atoms with van der Waals surface area (Å²) in [6.45, 7) is 0. The molecule has 6 N–H and O–H groups in total. The maximum atomic E-state index is 12.7. The number of nitrogens with two attached hydrogens (primary N) is 3. The molecule has 0 unspecified atom stereocenters.